The molecule has 0 fully saturated rings. The van der Waals surface area contributed by atoms with Crippen molar-refractivity contribution in [2.24, 2.45) is 0 Å². The van der Waals surface area contributed by atoms with Crippen LogP contribution in [-0.4, -0.2) is 13.0 Å². The molecule has 0 heterocycles. The van der Waals surface area contributed by atoms with Crippen molar-refractivity contribution in [3.05, 3.63) is 65.2 Å². The number of carbonyl (C=O) groups excluding carboxylic acids is 1. The molecule has 0 spiro atoms. The molecule has 0 saturated heterocycles. The lowest BCUT2D eigenvalue weighted by atomic mass is 10.1. The molecule has 1 amide bonds. The van der Waals surface area contributed by atoms with Crippen molar-refractivity contribution in [3.8, 4) is 11.8 Å². The van der Waals surface area contributed by atoms with Crippen LogP contribution >= 0.6 is 0 Å². The molecular weight excluding hydrogens is 264 g/mol. The Bertz CT molecular complexity index is 674. The van der Waals surface area contributed by atoms with Gasteiger partial charge in [0.1, 0.15) is 5.75 Å². The minimum atomic E-state index is -0.0816. The number of nitrogens with zero attached hydrogens (tertiary/aromatic N) is 1. The maximum absolute atomic E-state index is 12.0. The van der Waals surface area contributed by atoms with Crippen LogP contribution in [0, 0.1) is 11.3 Å². The number of ether oxygens (including phenoxy) is 1. The number of hydrogen-bond donors (Lipinski definition) is 1. The number of rotatable bonds is 5. The summed E-state index contributed by atoms with van der Waals surface area (Å²) in [6, 6.07) is 16.7. The van der Waals surface area contributed by atoms with Crippen LogP contribution in [0.25, 0.3) is 0 Å². The average Bonchev–Trinajstić information content (AvgIpc) is 2.53. The van der Waals surface area contributed by atoms with Crippen LogP contribution in [0.15, 0.2) is 48.5 Å². The van der Waals surface area contributed by atoms with Crippen LogP contribution in [0.3, 0.4) is 0 Å². The highest BCUT2D eigenvalue weighted by Crippen LogP contribution is 2.17. The van der Waals surface area contributed by atoms with Crippen molar-refractivity contribution in [1.82, 2.24) is 5.32 Å². The number of hydrogen-bond acceptors (Lipinski definition) is 3. The summed E-state index contributed by atoms with van der Waals surface area (Å²) in [4.78, 5) is 12.0. The molecule has 0 aliphatic rings. The summed E-state index contributed by atoms with van der Waals surface area (Å²) in [7, 11) is 1.59. The predicted molar refractivity (Wildman–Crippen MR) is 79.7 cm³/mol. The van der Waals surface area contributed by atoms with Gasteiger partial charge >= 0.3 is 0 Å². The molecule has 1 N–H and O–H groups in total. The normalized spacial score (nSPS) is 9.71. The second-order valence-corrected chi connectivity index (χ2v) is 4.58. The van der Waals surface area contributed by atoms with Crippen LogP contribution in [0.2, 0.25) is 0 Å². The molecule has 21 heavy (non-hydrogen) atoms. The number of nitrogens with one attached hydrogen (secondary N) is 1. The van der Waals surface area contributed by atoms with Gasteiger partial charge in [-0.25, -0.2) is 0 Å². The number of benzene rings is 2. The summed E-state index contributed by atoms with van der Waals surface area (Å²) in [6.07, 6.45) is 0.266. The van der Waals surface area contributed by atoms with Crippen molar-refractivity contribution >= 4 is 5.91 Å². The fourth-order valence-corrected chi connectivity index (χ4v) is 2.04. The van der Waals surface area contributed by atoms with E-state index in [9.17, 15) is 4.79 Å². The molecule has 2 aromatic carbocycles. The summed E-state index contributed by atoms with van der Waals surface area (Å²) < 4.78 is 5.22. The number of methoxy groups -OCH3 is 1. The first-order chi connectivity index (χ1) is 10.2. The lowest BCUT2D eigenvalue weighted by Gasteiger charge is -2.09. The molecule has 0 aromatic heterocycles. The van der Waals surface area contributed by atoms with Gasteiger partial charge in [-0.05, 0) is 23.8 Å². The van der Waals surface area contributed by atoms with Gasteiger partial charge in [-0.2, -0.15) is 5.26 Å². The van der Waals surface area contributed by atoms with E-state index in [0.717, 1.165) is 11.1 Å². The fraction of sp³-hybridized carbons (Fsp3) is 0.176. The quantitative estimate of drug-likeness (QED) is 0.915. The highest BCUT2D eigenvalue weighted by molar-refractivity contribution is 5.79. The topological polar surface area (TPSA) is 62.1 Å². The third-order valence-electron chi connectivity index (χ3n) is 3.09. The highest BCUT2D eigenvalue weighted by atomic mass is 16.5. The molecule has 2 aromatic rings. The van der Waals surface area contributed by atoms with E-state index in [0.29, 0.717) is 17.9 Å². The summed E-state index contributed by atoms with van der Waals surface area (Å²) >= 11 is 0. The van der Waals surface area contributed by atoms with Crippen LogP contribution in [0.1, 0.15) is 16.7 Å². The van der Waals surface area contributed by atoms with Crippen LogP contribution in [0.5, 0.6) is 5.75 Å². The van der Waals surface area contributed by atoms with Gasteiger partial charge in [-0.1, -0.05) is 30.3 Å². The minimum Gasteiger partial charge on any atom is -0.496 e. The Labute approximate surface area is 124 Å². The van der Waals surface area contributed by atoms with Gasteiger partial charge < -0.3 is 10.1 Å². The Morgan fingerprint density at radius 3 is 2.81 bits per heavy atom. The molecule has 0 aliphatic heterocycles. The second kappa shape index (κ2) is 7.11. The summed E-state index contributed by atoms with van der Waals surface area (Å²) in [5, 5.41) is 11.7. The summed E-state index contributed by atoms with van der Waals surface area (Å²) in [5.41, 5.74) is 2.34. The number of nitriles is 1. The van der Waals surface area contributed by atoms with Crippen LogP contribution in [-0.2, 0) is 17.8 Å². The van der Waals surface area contributed by atoms with Crippen LogP contribution < -0.4 is 10.1 Å². The van der Waals surface area contributed by atoms with Crippen molar-refractivity contribution < 1.29 is 9.53 Å². The molecule has 0 unspecified atom stereocenters. The largest absolute Gasteiger partial charge is 0.496 e. The minimum absolute atomic E-state index is 0.0816. The summed E-state index contributed by atoms with van der Waals surface area (Å²) in [5.74, 6) is 0.626. The Morgan fingerprint density at radius 2 is 2.05 bits per heavy atom. The van der Waals surface area contributed by atoms with E-state index in [4.69, 9.17) is 10.00 Å². The van der Waals surface area contributed by atoms with E-state index in [1.54, 1.807) is 25.3 Å². The van der Waals surface area contributed by atoms with Crippen molar-refractivity contribution in [3.63, 3.8) is 0 Å². The molecular formula is C17H16N2O2. The number of amides is 1. The van der Waals surface area contributed by atoms with E-state index in [-0.39, 0.29) is 12.3 Å². The first-order valence-electron chi connectivity index (χ1n) is 6.60. The van der Waals surface area contributed by atoms with Gasteiger partial charge in [0.25, 0.3) is 0 Å². The van der Waals surface area contributed by atoms with Gasteiger partial charge in [0.15, 0.2) is 0 Å². The van der Waals surface area contributed by atoms with E-state index < -0.39 is 0 Å². The molecule has 0 radical (unpaired) electrons. The van der Waals surface area contributed by atoms with Crippen molar-refractivity contribution in [2.75, 3.05) is 7.11 Å². The Kier molecular flexibility index (Phi) is 4.94. The fourth-order valence-electron chi connectivity index (χ4n) is 2.04. The molecule has 2 rings (SSSR count). The molecule has 4 heteroatoms. The molecule has 0 bridgehead atoms. The Morgan fingerprint density at radius 1 is 1.24 bits per heavy atom. The lowest BCUT2D eigenvalue weighted by molar-refractivity contribution is -0.120. The number of para-hydroxylation sites is 1. The van der Waals surface area contributed by atoms with Crippen LogP contribution in [0.4, 0.5) is 0 Å². The third kappa shape index (κ3) is 4.08. The highest BCUT2D eigenvalue weighted by Gasteiger charge is 2.08. The zero-order valence-electron chi connectivity index (χ0n) is 11.8. The van der Waals surface area contributed by atoms with Gasteiger partial charge in [-0.3, -0.25) is 4.79 Å². The first-order valence-corrected chi connectivity index (χ1v) is 6.60. The molecule has 0 saturated carbocycles. The first kappa shape index (κ1) is 14.6. The molecule has 4 nitrogen and oxygen atoms in total. The van der Waals surface area contributed by atoms with E-state index >= 15 is 0 Å². The van der Waals surface area contributed by atoms with Gasteiger partial charge in [-0.15, -0.1) is 0 Å². The lowest BCUT2D eigenvalue weighted by Crippen LogP contribution is -2.24. The Hall–Kier alpha value is -2.80. The SMILES string of the molecule is COc1ccccc1CC(=O)NCc1cccc(C#N)c1. The second-order valence-electron chi connectivity index (χ2n) is 4.58. The molecule has 0 aliphatic carbocycles. The standard InChI is InChI=1S/C17H16N2O2/c1-21-16-8-3-2-7-15(16)10-17(20)19-12-14-6-4-5-13(9-14)11-18/h2-9H,10,12H2,1H3,(H,19,20). The third-order valence-corrected chi connectivity index (χ3v) is 3.09. The predicted octanol–water partition coefficient (Wildman–Crippen LogP) is 2.43. The maximum atomic E-state index is 12.0. The smallest absolute Gasteiger partial charge is 0.224 e. The average molecular weight is 280 g/mol. The van der Waals surface area contributed by atoms with E-state index in [1.807, 2.05) is 30.3 Å². The zero-order chi connectivity index (χ0) is 15.1. The van der Waals surface area contributed by atoms with E-state index in [1.165, 1.54) is 0 Å². The Balaban J connectivity index is 1.94. The van der Waals surface area contributed by atoms with Gasteiger partial charge in [0, 0.05) is 12.1 Å². The van der Waals surface area contributed by atoms with Crippen molar-refractivity contribution in [2.45, 2.75) is 13.0 Å². The van der Waals surface area contributed by atoms with Gasteiger partial charge in [0.2, 0.25) is 5.91 Å². The molecule has 0 atom stereocenters. The van der Waals surface area contributed by atoms with Gasteiger partial charge in [0.05, 0.1) is 25.2 Å². The monoisotopic (exact) mass is 280 g/mol. The zero-order valence-corrected chi connectivity index (χ0v) is 11.8. The molecule has 106 valence electrons. The summed E-state index contributed by atoms with van der Waals surface area (Å²) in [6.45, 7) is 0.406. The number of carbonyl (C=O) groups is 1. The maximum Gasteiger partial charge on any atom is 0.224 e. The van der Waals surface area contributed by atoms with E-state index in [2.05, 4.69) is 11.4 Å². The van der Waals surface area contributed by atoms with Crippen molar-refractivity contribution in [1.29, 1.82) is 5.26 Å².